The molecule has 26 heavy (non-hydrogen) atoms. The maximum Gasteiger partial charge on any atom is 0.324 e. The molecule has 138 valence electrons. The van der Waals surface area contributed by atoms with Crippen molar-refractivity contribution >= 4 is 23.3 Å². The molecule has 3 aliphatic rings. The molecule has 0 aromatic heterocycles. The van der Waals surface area contributed by atoms with Crippen molar-refractivity contribution in [3.8, 4) is 5.75 Å². The fraction of sp³-hybridized carbons (Fsp3) is 0.389. The Balaban J connectivity index is 1.38. The number of nitrogens with two attached hydrogens (primary N) is 2. The minimum Gasteiger partial charge on any atom is -0.489 e. The van der Waals surface area contributed by atoms with Crippen molar-refractivity contribution in [2.75, 3.05) is 44.2 Å². The summed E-state index contributed by atoms with van der Waals surface area (Å²) in [6.45, 7) is 4.31. The second-order valence-corrected chi connectivity index (χ2v) is 7.49. The lowest BCUT2D eigenvalue weighted by Crippen LogP contribution is -2.73. The Hall–Kier alpha value is -2.54. The van der Waals surface area contributed by atoms with Crippen LogP contribution in [0.4, 0.5) is 10.5 Å². The van der Waals surface area contributed by atoms with E-state index in [-0.39, 0.29) is 11.4 Å². The average Bonchev–Trinajstić information content (AvgIpc) is 2.57. The predicted molar refractivity (Wildman–Crippen MR) is 101 cm³/mol. The molecule has 4 rings (SSSR count). The first-order chi connectivity index (χ1) is 12.5. The second kappa shape index (κ2) is 6.32. The molecule has 0 radical (unpaired) electrons. The molecule has 0 unspecified atom stereocenters. The van der Waals surface area contributed by atoms with Crippen LogP contribution in [0.25, 0.3) is 0 Å². The summed E-state index contributed by atoms with van der Waals surface area (Å²) in [5.74, 6) is 0.661. The van der Waals surface area contributed by atoms with E-state index >= 15 is 0 Å². The molecule has 8 heteroatoms. The van der Waals surface area contributed by atoms with Gasteiger partial charge in [0.05, 0.1) is 17.9 Å². The van der Waals surface area contributed by atoms with Crippen molar-refractivity contribution in [3.63, 3.8) is 0 Å². The molecule has 0 aliphatic carbocycles. The first-order valence-corrected chi connectivity index (χ1v) is 8.97. The number of fused-ring (bicyclic) bond motifs is 1. The fourth-order valence-electron chi connectivity index (χ4n) is 3.97. The Morgan fingerprint density at radius 3 is 2.62 bits per heavy atom. The van der Waals surface area contributed by atoms with Gasteiger partial charge in [-0.3, -0.25) is 4.90 Å². The smallest absolute Gasteiger partial charge is 0.324 e. The molecule has 0 saturated carbocycles. The molecule has 1 spiro atoms. The Bertz CT molecular complexity index is 780. The average molecular weight is 376 g/mol. The lowest BCUT2D eigenvalue weighted by atomic mass is 9.72. The van der Waals surface area contributed by atoms with Gasteiger partial charge < -0.3 is 26.0 Å². The van der Waals surface area contributed by atoms with Crippen molar-refractivity contribution in [1.29, 1.82) is 0 Å². The first-order valence-electron chi connectivity index (χ1n) is 8.59. The monoisotopic (exact) mass is 375 g/mol. The van der Waals surface area contributed by atoms with Gasteiger partial charge in [0.2, 0.25) is 0 Å². The number of carbonyl (C=O) groups is 1. The summed E-state index contributed by atoms with van der Waals surface area (Å²) in [7, 11) is 0. The number of amides is 2. The van der Waals surface area contributed by atoms with Crippen LogP contribution in [0.15, 0.2) is 42.4 Å². The van der Waals surface area contributed by atoms with E-state index in [9.17, 15) is 4.79 Å². The van der Waals surface area contributed by atoms with E-state index in [0.717, 1.165) is 37.6 Å². The van der Waals surface area contributed by atoms with Gasteiger partial charge in [-0.15, -0.1) is 0 Å². The summed E-state index contributed by atoms with van der Waals surface area (Å²) in [6, 6.07) is 5.40. The summed E-state index contributed by atoms with van der Waals surface area (Å²) < 4.78 is 5.63. The van der Waals surface area contributed by atoms with Crippen LogP contribution in [0.3, 0.4) is 0 Å². The lowest BCUT2D eigenvalue weighted by Gasteiger charge is -2.61. The van der Waals surface area contributed by atoms with E-state index in [1.165, 1.54) is 6.20 Å². The number of likely N-dealkylation sites (tertiary alicyclic amines) is 2. The topological polar surface area (TPSA) is 88.1 Å². The standard InChI is InChI=1S/C18H22ClN5O2/c19-13-1-2-15-16(7-13)26-6-5-24(15)17(25)23-11-18(12-23)9-22(10-18)14(8-21)3-4-20/h1-4,7-8H,5-6,9-12,20-21H2/b4-3-,14-8+. The molecular weight excluding hydrogens is 354 g/mol. The summed E-state index contributed by atoms with van der Waals surface area (Å²) in [6.07, 6.45) is 4.85. The Morgan fingerprint density at radius 1 is 1.19 bits per heavy atom. The van der Waals surface area contributed by atoms with Crippen LogP contribution in [0.5, 0.6) is 5.75 Å². The van der Waals surface area contributed by atoms with Crippen LogP contribution in [-0.2, 0) is 0 Å². The highest BCUT2D eigenvalue weighted by Gasteiger charge is 2.54. The molecule has 2 amide bonds. The molecule has 1 aromatic carbocycles. The number of hydrogen-bond donors (Lipinski definition) is 2. The summed E-state index contributed by atoms with van der Waals surface area (Å²) in [5, 5.41) is 0.603. The van der Waals surface area contributed by atoms with Gasteiger partial charge in [-0.25, -0.2) is 4.79 Å². The number of rotatable bonds is 2. The molecule has 0 atom stereocenters. The largest absolute Gasteiger partial charge is 0.489 e. The Kier molecular flexibility index (Phi) is 4.11. The number of hydrogen-bond acceptors (Lipinski definition) is 5. The van der Waals surface area contributed by atoms with Crippen LogP contribution >= 0.6 is 11.6 Å². The van der Waals surface area contributed by atoms with Gasteiger partial charge >= 0.3 is 6.03 Å². The number of allylic oxidation sites excluding steroid dienone is 1. The third-order valence-electron chi connectivity index (χ3n) is 5.19. The molecule has 2 fully saturated rings. The highest BCUT2D eigenvalue weighted by atomic mass is 35.5. The third-order valence-corrected chi connectivity index (χ3v) is 5.43. The van der Waals surface area contributed by atoms with Gasteiger partial charge in [0.15, 0.2) is 0 Å². The quantitative estimate of drug-likeness (QED) is 0.766. The minimum absolute atomic E-state index is 0.0254. The van der Waals surface area contributed by atoms with E-state index in [1.807, 2.05) is 11.0 Å². The Morgan fingerprint density at radius 2 is 1.92 bits per heavy atom. The first kappa shape index (κ1) is 16.9. The molecule has 3 heterocycles. The van der Waals surface area contributed by atoms with Crippen molar-refractivity contribution in [3.05, 3.63) is 47.4 Å². The molecule has 3 aliphatic heterocycles. The maximum atomic E-state index is 12.9. The number of anilines is 1. The van der Waals surface area contributed by atoms with Gasteiger partial charge in [0, 0.05) is 48.9 Å². The fourth-order valence-corrected chi connectivity index (χ4v) is 4.14. The highest BCUT2D eigenvalue weighted by molar-refractivity contribution is 6.30. The molecular formula is C18H22ClN5O2. The zero-order chi connectivity index (χ0) is 18.3. The van der Waals surface area contributed by atoms with Crippen LogP contribution in [0.2, 0.25) is 5.02 Å². The minimum atomic E-state index is 0.0254. The molecule has 1 aromatic rings. The van der Waals surface area contributed by atoms with Gasteiger partial charge in [-0.1, -0.05) is 11.6 Å². The van der Waals surface area contributed by atoms with E-state index in [4.69, 9.17) is 27.8 Å². The summed E-state index contributed by atoms with van der Waals surface area (Å²) in [4.78, 5) is 18.8. The van der Waals surface area contributed by atoms with Crippen molar-refractivity contribution < 1.29 is 9.53 Å². The molecule has 0 bridgehead atoms. The van der Waals surface area contributed by atoms with E-state index in [1.54, 1.807) is 29.3 Å². The number of ether oxygens (including phenoxy) is 1. The normalized spacial score (nSPS) is 21.3. The van der Waals surface area contributed by atoms with Crippen LogP contribution in [-0.4, -0.2) is 55.2 Å². The van der Waals surface area contributed by atoms with Gasteiger partial charge in [-0.2, -0.15) is 0 Å². The predicted octanol–water partition coefficient (Wildman–Crippen LogP) is 1.55. The van der Waals surface area contributed by atoms with Crippen LogP contribution in [0, 0.1) is 5.41 Å². The molecule has 2 saturated heterocycles. The molecule has 4 N–H and O–H groups in total. The van der Waals surface area contributed by atoms with Crippen LogP contribution in [0.1, 0.15) is 0 Å². The zero-order valence-electron chi connectivity index (χ0n) is 14.4. The zero-order valence-corrected chi connectivity index (χ0v) is 15.2. The van der Waals surface area contributed by atoms with E-state index < -0.39 is 0 Å². The second-order valence-electron chi connectivity index (χ2n) is 7.06. The third kappa shape index (κ3) is 2.72. The number of urea groups is 1. The Labute approximate surface area is 157 Å². The van der Waals surface area contributed by atoms with Crippen molar-refractivity contribution in [2.24, 2.45) is 16.9 Å². The van der Waals surface area contributed by atoms with E-state index in [2.05, 4.69) is 4.90 Å². The summed E-state index contributed by atoms with van der Waals surface area (Å²) >= 11 is 6.02. The highest BCUT2D eigenvalue weighted by Crippen LogP contribution is 2.43. The van der Waals surface area contributed by atoms with Crippen LogP contribution < -0.4 is 21.1 Å². The van der Waals surface area contributed by atoms with E-state index in [0.29, 0.717) is 23.9 Å². The molecule has 7 nitrogen and oxygen atoms in total. The van der Waals surface area contributed by atoms with Crippen molar-refractivity contribution in [2.45, 2.75) is 0 Å². The van der Waals surface area contributed by atoms with Gasteiger partial charge in [0.1, 0.15) is 12.4 Å². The number of halogens is 1. The lowest BCUT2D eigenvalue weighted by molar-refractivity contribution is -0.0762. The van der Waals surface area contributed by atoms with Gasteiger partial charge in [-0.05, 0) is 24.4 Å². The van der Waals surface area contributed by atoms with Crippen molar-refractivity contribution in [1.82, 2.24) is 9.80 Å². The number of nitrogens with zero attached hydrogens (tertiary/aromatic N) is 3. The SMILES string of the molecule is N/C=C\C(=C/N)N1CC2(CN(C(=O)N3CCOc4cc(Cl)ccc43)C2)C1. The van der Waals surface area contributed by atoms with Gasteiger partial charge in [0.25, 0.3) is 0 Å². The number of carbonyl (C=O) groups excluding carboxylic acids is 1. The summed E-state index contributed by atoms with van der Waals surface area (Å²) in [5.41, 5.74) is 13.0. The maximum absolute atomic E-state index is 12.9. The number of benzene rings is 1.